The third kappa shape index (κ3) is 5.16. The molecule has 0 spiro atoms. The van der Waals surface area contributed by atoms with Crippen molar-refractivity contribution in [2.24, 2.45) is 0 Å². The summed E-state index contributed by atoms with van der Waals surface area (Å²) in [7, 11) is 1.32. The molecule has 0 N–H and O–H groups in total. The summed E-state index contributed by atoms with van der Waals surface area (Å²) in [6.45, 7) is 1.30. The van der Waals surface area contributed by atoms with Crippen LogP contribution in [0.5, 0.6) is 11.5 Å². The Morgan fingerprint density at radius 1 is 0.647 bits per heavy atom. The van der Waals surface area contributed by atoms with E-state index in [1.807, 2.05) is 0 Å². The Hall–Kier alpha value is -4.79. The van der Waals surface area contributed by atoms with Crippen LogP contribution in [0.4, 0.5) is 0 Å². The van der Waals surface area contributed by atoms with Gasteiger partial charge in [0, 0.05) is 18.1 Å². The highest BCUT2D eigenvalue weighted by atomic mass is 16.5. The maximum Gasteiger partial charge on any atom is 0.343 e. The maximum atomic E-state index is 12.3. The molecule has 1 aromatic heterocycles. The van der Waals surface area contributed by atoms with Crippen molar-refractivity contribution in [3.05, 3.63) is 83.9 Å². The summed E-state index contributed by atoms with van der Waals surface area (Å²) >= 11 is 0. The van der Waals surface area contributed by atoms with Gasteiger partial charge in [0.15, 0.2) is 0 Å². The van der Waals surface area contributed by atoms with Crippen molar-refractivity contribution in [2.45, 2.75) is 6.92 Å². The maximum absolute atomic E-state index is 12.3. The van der Waals surface area contributed by atoms with Gasteiger partial charge in [0.1, 0.15) is 11.5 Å². The van der Waals surface area contributed by atoms with Gasteiger partial charge in [-0.1, -0.05) is 0 Å². The molecular formula is C25H18N2O7. The molecule has 9 heteroatoms. The fraction of sp³-hybridized carbons (Fsp3) is 0.0800. The number of hydrogen-bond acceptors (Lipinski definition) is 9. The van der Waals surface area contributed by atoms with Crippen LogP contribution in [-0.2, 0) is 9.53 Å². The van der Waals surface area contributed by atoms with Crippen LogP contribution < -0.4 is 9.47 Å². The van der Waals surface area contributed by atoms with Gasteiger partial charge >= 0.3 is 17.9 Å². The molecule has 0 saturated carbocycles. The Kier molecular flexibility index (Phi) is 6.45. The molecule has 0 radical (unpaired) electrons. The van der Waals surface area contributed by atoms with Crippen molar-refractivity contribution in [3.8, 4) is 34.4 Å². The molecule has 0 aliphatic carbocycles. The SMILES string of the molecule is COC(=O)c1ccc(-c2nnc(-c3ccc(OC(=O)c4ccc(OC(C)=O)cc4)cc3)o2)cc1. The van der Waals surface area contributed by atoms with Crippen LogP contribution in [0.25, 0.3) is 22.9 Å². The summed E-state index contributed by atoms with van der Waals surface area (Å²) in [5.41, 5.74) is 2.00. The van der Waals surface area contributed by atoms with E-state index in [0.717, 1.165) is 0 Å². The first kappa shape index (κ1) is 22.4. The first-order valence-electron chi connectivity index (χ1n) is 10.1. The van der Waals surface area contributed by atoms with E-state index in [2.05, 4.69) is 14.9 Å². The fourth-order valence-corrected chi connectivity index (χ4v) is 2.98. The van der Waals surface area contributed by atoms with Gasteiger partial charge in [0.25, 0.3) is 0 Å². The largest absolute Gasteiger partial charge is 0.465 e. The summed E-state index contributed by atoms with van der Waals surface area (Å²) in [6.07, 6.45) is 0. The highest BCUT2D eigenvalue weighted by molar-refractivity contribution is 5.91. The second-order valence-corrected chi connectivity index (χ2v) is 7.01. The number of nitrogens with zero attached hydrogens (tertiary/aromatic N) is 2. The molecule has 9 nitrogen and oxygen atoms in total. The van der Waals surface area contributed by atoms with Gasteiger partial charge in [0.05, 0.1) is 18.2 Å². The molecule has 0 atom stereocenters. The zero-order valence-electron chi connectivity index (χ0n) is 18.2. The summed E-state index contributed by atoms with van der Waals surface area (Å²) in [6, 6.07) is 19.2. The van der Waals surface area contributed by atoms with Crippen LogP contribution in [0.3, 0.4) is 0 Å². The van der Waals surface area contributed by atoms with Crippen molar-refractivity contribution in [2.75, 3.05) is 7.11 Å². The third-order valence-electron chi connectivity index (χ3n) is 4.64. The Bertz CT molecular complexity index is 1330. The van der Waals surface area contributed by atoms with Crippen LogP contribution in [0.1, 0.15) is 27.6 Å². The van der Waals surface area contributed by atoms with E-state index >= 15 is 0 Å². The monoisotopic (exact) mass is 458 g/mol. The minimum Gasteiger partial charge on any atom is -0.465 e. The lowest BCUT2D eigenvalue weighted by atomic mass is 10.1. The Morgan fingerprint density at radius 2 is 1.09 bits per heavy atom. The average Bonchev–Trinajstić information content (AvgIpc) is 3.34. The molecule has 3 aromatic carbocycles. The second-order valence-electron chi connectivity index (χ2n) is 7.01. The predicted molar refractivity (Wildman–Crippen MR) is 119 cm³/mol. The normalized spacial score (nSPS) is 10.4. The number of aromatic nitrogens is 2. The van der Waals surface area contributed by atoms with E-state index in [-0.39, 0.29) is 5.89 Å². The van der Waals surface area contributed by atoms with Crippen LogP contribution in [-0.4, -0.2) is 35.2 Å². The van der Waals surface area contributed by atoms with E-state index in [1.165, 1.54) is 38.3 Å². The quantitative estimate of drug-likeness (QED) is 0.307. The molecule has 0 unspecified atom stereocenters. The Morgan fingerprint density at radius 3 is 1.62 bits per heavy atom. The molecule has 0 aliphatic heterocycles. The predicted octanol–water partition coefficient (Wildman–Crippen LogP) is 4.33. The fourth-order valence-electron chi connectivity index (χ4n) is 2.98. The first-order valence-corrected chi connectivity index (χ1v) is 10.1. The zero-order chi connectivity index (χ0) is 24.1. The van der Waals surface area contributed by atoms with E-state index in [1.54, 1.807) is 48.5 Å². The molecule has 0 amide bonds. The summed E-state index contributed by atoms with van der Waals surface area (Å²) in [5.74, 6) is -0.191. The number of methoxy groups -OCH3 is 1. The van der Waals surface area contributed by atoms with Gasteiger partial charge in [-0.3, -0.25) is 4.79 Å². The molecule has 170 valence electrons. The van der Waals surface area contributed by atoms with Crippen LogP contribution in [0.2, 0.25) is 0 Å². The van der Waals surface area contributed by atoms with Crippen molar-refractivity contribution >= 4 is 17.9 Å². The Balaban J connectivity index is 1.42. The molecule has 34 heavy (non-hydrogen) atoms. The van der Waals surface area contributed by atoms with E-state index in [4.69, 9.17) is 13.9 Å². The zero-order valence-corrected chi connectivity index (χ0v) is 18.2. The highest BCUT2D eigenvalue weighted by Crippen LogP contribution is 2.26. The van der Waals surface area contributed by atoms with Crippen LogP contribution >= 0.6 is 0 Å². The smallest absolute Gasteiger partial charge is 0.343 e. The summed E-state index contributed by atoms with van der Waals surface area (Å²) in [4.78, 5) is 34.9. The number of hydrogen-bond donors (Lipinski definition) is 0. The van der Waals surface area contributed by atoms with E-state index < -0.39 is 17.9 Å². The molecule has 1 heterocycles. The van der Waals surface area contributed by atoms with Gasteiger partial charge in [-0.2, -0.15) is 0 Å². The number of benzene rings is 3. The molecule has 0 fully saturated rings. The van der Waals surface area contributed by atoms with Gasteiger partial charge in [-0.25, -0.2) is 9.59 Å². The van der Waals surface area contributed by atoms with Crippen molar-refractivity contribution in [3.63, 3.8) is 0 Å². The summed E-state index contributed by atoms with van der Waals surface area (Å²) < 4.78 is 20.7. The van der Waals surface area contributed by atoms with Crippen molar-refractivity contribution in [1.82, 2.24) is 10.2 Å². The minimum atomic E-state index is -0.558. The molecular weight excluding hydrogens is 440 g/mol. The van der Waals surface area contributed by atoms with Crippen molar-refractivity contribution in [1.29, 1.82) is 0 Å². The lowest BCUT2D eigenvalue weighted by Gasteiger charge is -2.06. The van der Waals surface area contributed by atoms with Crippen molar-refractivity contribution < 1.29 is 33.0 Å². The van der Waals surface area contributed by atoms with Gasteiger partial charge < -0.3 is 18.6 Å². The minimum absolute atomic E-state index is 0.283. The van der Waals surface area contributed by atoms with Crippen LogP contribution in [0, 0.1) is 0 Å². The molecule has 0 saturated heterocycles. The highest BCUT2D eigenvalue weighted by Gasteiger charge is 2.14. The second kappa shape index (κ2) is 9.78. The molecule has 4 aromatic rings. The Labute approximate surface area is 193 Å². The molecule has 0 bridgehead atoms. The lowest BCUT2D eigenvalue weighted by Crippen LogP contribution is -2.08. The van der Waals surface area contributed by atoms with E-state index in [9.17, 15) is 14.4 Å². The van der Waals surface area contributed by atoms with E-state index in [0.29, 0.717) is 39.6 Å². The lowest BCUT2D eigenvalue weighted by molar-refractivity contribution is -0.131. The topological polar surface area (TPSA) is 118 Å². The number of rotatable bonds is 6. The van der Waals surface area contributed by atoms with Gasteiger partial charge in [0.2, 0.25) is 11.8 Å². The molecule has 4 rings (SSSR count). The van der Waals surface area contributed by atoms with Crippen LogP contribution in [0.15, 0.2) is 77.2 Å². The number of carbonyl (C=O) groups excluding carboxylic acids is 3. The summed E-state index contributed by atoms with van der Waals surface area (Å²) in [5, 5.41) is 8.09. The average molecular weight is 458 g/mol. The molecule has 0 aliphatic rings. The number of esters is 3. The third-order valence-corrected chi connectivity index (χ3v) is 4.64. The van der Waals surface area contributed by atoms with Gasteiger partial charge in [-0.15, -0.1) is 10.2 Å². The number of ether oxygens (including phenoxy) is 3. The number of carbonyl (C=O) groups is 3. The first-order chi connectivity index (χ1) is 16.4. The standard InChI is InChI=1S/C25H18N2O7/c1-15(28)32-20-13-9-19(10-14-20)25(30)33-21-11-7-17(8-12-21)23-27-26-22(34-23)16-3-5-18(6-4-16)24(29)31-2/h3-14H,1-2H3. The van der Waals surface area contributed by atoms with Gasteiger partial charge in [-0.05, 0) is 72.8 Å².